The van der Waals surface area contributed by atoms with Crippen LogP contribution in [0.3, 0.4) is 0 Å². The number of rotatable bonds is 6. The third-order valence-corrected chi connectivity index (χ3v) is 4.18. The highest BCUT2D eigenvalue weighted by Crippen LogP contribution is 2.21. The summed E-state index contributed by atoms with van der Waals surface area (Å²) >= 11 is 12.0. The first-order valence-electron chi connectivity index (χ1n) is 7.66. The van der Waals surface area contributed by atoms with Crippen molar-refractivity contribution in [1.29, 1.82) is 0 Å². The van der Waals surface area contributed by atoms with Gasteiger partial charge in [-0.25, -0.2) is 0 Å². The topological polar surface area (TPSA) is 51.0 Å². The second-order valence-corrected chi connectivity index (χ2v) is 6.38. The van der Waals surface area contributed by atoms with Crippen LogP contribution in [0.5, 0.6) is 0 Å². The molecule has 0 bridgehead atoms. The van der Waals surface area contributed by atoms with Crippen LogP contribution in [-0.2, 0) is 13.0 Å². The quantitative estimate of drug-likeness (QED) is 0.647. The lowest BCUT2D eigenvalue weighted by Crippen LogP contribution is -2.17. The summed E-state index contributed by atoms with van der Waals surface area (Å²) in [5, 5.41) is 12.8. The van der Waals surface area contributed by atoms with Gasteiger partial charge in [0.05, 0.1) is 6.54 Å². The Balaban J connectivity index is 1.52. The van der Waals surface area contributed by atoms with E-state index in [2.05, 4.69) is 15.5 Å². The number of halogens is 2. The summed E-state index contributed by atoms with van der Waals surface area (Å²) in [7, 11) is 0. The molecule has 0 saturated heterocycles. The average molecular weight is 362 g/mol. The minimum Gasteiger partial charge on any atom is -0.419 e. The van der Waals surface area contributed by atoms with E-state index < -0.39 is 0 Å². The fraction of sp³-hybridized carbons (Fsp3) is 0.222. The van der Waals surface area contributed by atoms with Crippen molar-refractivity contribution in [3.8, 4) is 11.5 Å². The van der Waals surface area contributed by atoms with E-state index in [1.807, 2.05) is 43.3 Å². The van der Waals surface area contributed by atoms with Gasteiger partial charge in [-0.05, 0) is 49.7 Å². The first kappa shape index (κ1) is 17.0. The van der Waals surface area contributed by atoms with E-state index >= 15 is 0 Å². The van der Waals surface area contributed by atoms with Gasteiger partial charge in [-0.3, -0.25) is 0 Å². The van der Waals surface area contributed by atoms with Crippen LogP contribution in [0.4, 0.5) is 0 Å². The van der Waals surface area contributed by atoms with Crippen LogP contribution < -0.4 is 5.32 Å². The number of benzene rings is 2. The lowest BCUT2D eigenvalue weighted by atomic mass is 10.1. The summed E-state index contributed by atoms with van der Waals surface area (Å²) in [5.74, 6) is 1.10. The zero-order valence-electron chi connectivity index (χ0n) is 13.2. The van der Waals surface area contributed by atoms with E-state index in [4.69, 9.17) is 27.6 Å². The number of nitrogens with zero attached hydrogens (tertiary/aromatic N) is 2. The van der Waals surface area contributed by atoms with Crippen molar-refractivity contribution in [2.24, 2.45) is 0 Å². The van der Waals surface area contributed by atoms with Gasteiger partial charge in [0, 0.05) is 15.6 Å². The van der Waals surface area contributed by atoms with Crippen molar-refractivity contribution < 1.29 is 4.42 Å². The van der Waals surface area contributed by atoms with Gasteiger partial charge >= 0.3 is 0 Å². The van der Waals surface area contributed by atoms with Crippen LogP contribution in [-0.4, -0.2) is 16.7 Å². The molecule has 3 aromatic rings. The van der Waals surface area contributed by atoms with E-state index in [1.165, 1.54) is 0 Å². The summed E-state index contributed by atoms with van der Waals surface area (Å²) < 4.78 is 5.69. The van der Waals surface area contributed by atoms with E-state index in [0.717, 1.165) is 29.7 Å². The lowest BCUT2D eigenvalue weighted by Gasteiger charge is -2.05. The van der Waals surface area contributed by atoms with Crippen molar-refractivity contribution in [2.45, 2.75) is 19.9 Å². The molecule has 124 valence electrons. The molecule has 24 heavy (non-hydrogen) atoms. The molecule has 0 aliphatic rings. The summed E-state index contributed by atoms with van der Waals surface area (Å²) in [6.07, 6.45) is 0.800. The van der Waals surface area contributed by atoms with Crippen LogP contribution in [0.25, 0.3) is 11.5 Å². The van der Waals surface area contributed by atoms with E-state index in [0.29, 0.717) is 28.4 Å². The maximum absolute atomic E-state index is 6.16. The minimum absolute atomic E-state index is 0.518. The van der Waals surface area contributed by atoms with Gasteiger partial charge in [-0.15, -0.1) is 10.2 Å². The smallest absolute Gasteiger partial charge is 0.247 e. The van der Waals surface area contributed by atoms with Gasteiger partial charge in [-0.2, -0.15) is 0 Å². The maximum atomic E-state index is 6.16. The molecule has 6 heteroatoms. The molecule has 3 rings (SSSR count). The van der Waals surface area contributed by atoms with Gasteiger partial charge < -0.3 is 9.73 Å². The lowest BCUT2D eigenvalue weighted by molar-refractivity contribution is 0.478. The molecule has 0 fully saturated rings. The highest BCUT2D eigenvalue weighted by atomic mass is 35.5. The Bertz CT molecular complexity index is 833. The first-order valence-corrected chi connectivity index (χ1v) is 8.41. The maximum Gasteiger partial charge on any atom is 0.247 e. The third kappa shape index (κ3) is 4.35. The Morgan fingerprint density at radius 3 is 2.75 bits per heavy atom. The number of aryl methyl sites for hydroxylation is 1. The monoisotopic (exact) mass is 361 g/mol. The largest absolute Gasteiger partial charge is 0.419 e. The zero-order valence-corrected chi connectivity index (χ0v) is 14.7. The fourth-order valence-corrected chi connectivity index (χ4v) is 2.87. The highest BCUT2D eigenvalue weighted by molar-refractivity contribution is 6.35. The molecule has 0 aliphatic heterocycles. The van der Waals surface area contributed by atoms with Gasteiger partial charge in [0.2, 0.25) is 11.8 Å². The summed E-state index contributed by atoms with van der Waals surface area (Å²) in [5.41, 5.74) is 3.14. The molecular weight excluding hydrogens is 345 g/mol. The van der Waals surface area contributed by atoms with Gasteiger partial charge in [0.25, 0.3) is 0 Å². The molecule has 2 aromatic carbocycles. The molecule has 1 aromatic heterocycles. The van der Waals surface area contributed by atoms with E-state index in [-0.39, 0.29) is 0 Å². The Morgan fingerprint density at radius 1 is 1.08 bits per heavy atom. The Labute approximate surface area is 150 Å². The van der Waals surface area contributed by atoms with Crippen molar-refractivity contribution in [1.82, 2.24) is 15.5 Å². The van der Waals surface area contributed by atoms with Crippen LogP contribution >= 0.6 is 23.2 Å². The number of nitrogens with one attached hydrogen (secondary N) is 1. The summed E-state index contributed by atoms with van der Waals surface area (Å²) in [4.78, 5) is 0. The van der Waals surface area contributed by atoms with Crippen molar-refractivity contribution in [2.75, 3.05) is 6.54 Å². The molecule has 0 radical (unpaired) electrons. The molecular formula is C18H17Cl2N3O. The van der Waals surface area contributed by atoms with Crippen molar-refractivity contribution >= 4 is 23.2 Å². The molecule has 0 aliphatic carbocycles. The predicted octanol–water partition coefficient (Wildman–Crippen LogP) is 4.68. The molecule has 0 atom stereocenters. The minimum atomic E-state index is 0.518. The second kappa shape index (κ2) is 7.79. The molecule has 0 saturated carbocycles. The standard InChI is InChI=1S/C18H17Cl2N3O/c1-12-3-2-4-14(9-12)18-23-22-17(24-18)11-21-8-7-13-5-6-15(19)10-16(13)20/h2-6,9-10,21H,7-8,11H2,1H3. The molecule has 0 amide bonds. The van der Waals surface area contributed by atoms with E-state index in [9.17, 15) is 0 Å². The van der Waals surface area contributed by atoms with Crippen LogP contribution in [0.1, 0.15) is 17.0 Å². The molecule has 1 N–H and O–H groups in total. The Morgan fingerprint density at radius 2 is 1.96 bits per heavy atom. The third-order valence-electron chi connectivity index (χ3n) is 3.59. The number of aromatic nitrogens is 2. The van der Waals surface area contributed by atoms with Crippen molar-refractivity contribution in [3.05, 3.63) is 69.5 Å². The fourth-order valence-electron chi connectivity index (χ4n) is 2.36. The molecule has 0 spiro atoms. The SMILES string of the molecule is Cc1cccc(-c2nnc(CNCCc3ccc(Cl)cc3Cl)o2)c1. The van der Waals surface area contributed by atoms with Gasteiger partial charge in [0.15, 0.2) is 0 Å². The second-order valence-electron chi connectivity index (χ2n) is 5.53. The highest BCUT2D eigenvalue weighted by Gasteiger charge is 2.08. The molecule has 0 unspecified atom stereocenters. The zero-order chi connectivity index (χ0) is 16.9. The molecule has 4 nitrogen and oxygen atoms in total. The number of hydrogen-bond donors (Lipinski definition) is 1. The van der Waals surface area contributed by atoms with Crippen LogP contribution in [0.2, 0.25) is 10.0 Å². The average Bonchev–Trinajstić information content (AvgIpc) is 3.02. The Kier molecular flexibility index (Phi) is 5.51. The van der Waals surface area contributed by atoms with E-state index in [1.54, 1.807) is 6.07 Å². The van der Waals surface area contributed by atoms with Gasteiger partial charge in [0.1, 0.15) is 0 Å². The van der Waals surface area contributed by atoms with Crippen LogP contribution in [0.15, 0.2) is 46.9 Å². The number of hydrogen-bond acceptors (Lipinski definition) is 4. The van der Waals surface area contributed by atoms with Crippen LogP contribution in [0, 0.1) is 6.92 Å². The Hall–Kier alpha value is -1.88. The summed E-state index contributed by atoms with van der Waals surface area (Å²) in [6, 6.07) is 13.5. The summed E-state index contributed by atoms with van der Waals surface area (Å²) in [6.45, 7) is 3.30. The predicted molar refractivity (Wildman–Crippen MR) is 96.3 cm³/mol. The molecule has 1 heterocycles. The van der Waals surface area contributed by atoms with Crippen molar-refractivity contribution in [3.63, 3.8) is 0 Å². The first-order chi connectivity index (χ1) is 11.6. The normalized spacial score (nSPS) is 11.0. The van der Waals surface area contributed by atoms with Gasteiger partial charge in [-0.1, -0.05) is 47.0 Å².